The van der Waals surface area contributed by atoms with Crippen LogP contribution in [0.3, 0.4) is 0 Å². The van der Waals surface area contributed by atoms with Crippen molar-refractivity contribution in [1.29, 1.82) is 0 Å². The number of benzene rings is 1. The lowest BCUT2D eigenvalue weighted by Crippen LogP contribution is -2.08. The van der Waals surface area contributed by atoms with Crippen LogP contribution in [-0.4, -0.2) is 6.61 Å². The SMILES string of the molecule is CCCC(C)COc1ccc(C(C)C)cc1. The number of hydrogen-bond donors (Lipinski definition) is 0. The van der Waals surface area contributed by atoms with Crippen molar-refractivity contribution in [3.63, 3.8) is 0 Å². The summed E-state index contributed by atoms with van der Waals surface area (Å²) >= 11 is 0. The van der Waals surface area contributed by atoms with Crippen LogP contribution in [0.2, 0.25) is 0 Å². The first kappa shape index (κ1) is 13.1. The quantitative estimate of drug-likeness (QED) is 0.679. The molecule has 0 aromatic heterocycles. The van der Waals surface area contributed by atoms with E-state index in [1.54, 1.807) is 0 Å². The molecule has 0 saturated carbocycles. The average Bonchev–Trinajstić information content (AvgIpc) is 2.27. The summed E-state index contributed by atoms with van der Waals surface area (Å²) in [7, 11) is 0. The summed E-state index contributed by atoms with van der Waals surface area (Å²) in [5.74, 6) is 2.23. The zero-order valence-electron chi connectivity index (χ0n) is 11.0. The molecule has 1 aromatic rings. The minimum atomic E-state index is 0.591. The van der Waals surface area contributed by atoms with Gasteiger partial charge < -0.3 is 4.74 Å². The van der Waals surface area contributed by atoms with Gasteiger partial charge in [0.05, 0.1) is 6.61 Å². The molecule has 1 atom stereocenters. The highest BCUT2D eigenvalue weighted by Crippen LogP contribution is 2.19. The lowest BCUT2D eigenvalue weighted by atomic mass is 10.0. The van der Waals surface area contributed by atoms with Crippen LogP contribution in [0.5, 0.6) is 5.75 Å². The fourth-order valence-electron chi connectivity index (χ4n) is 1.76. The first-order valence-electron chi connectivity index (χ1n) is 6.36. The number of rotatable bonds is 6. The summed E-state index contributed by atoms with van der Waals surface area (Å²) in [6, 6.07) is 8.47. The van der Waals surface area contributed by atoms with E-state index in [-0.39, 0.29) is 0 Å². The van der Waals surface area contributed by atoms with E-state index in [0.717, 1.165) is 12.4 Å². The van der Waals surface area contributed by atoms with Crippen LogP contribution in [-0.2, 0) is 0 Å². The highest BCUT2D eigenvalue weighted by atomic mass is 16.5. The first-order chi connectivity index (χ1) is 7.63. The van der Waals surface area contributed by atoms with Gasteiger partial charge in [-0.3, -0.25) is 0 Å². The molecule has 1 aromatic carbocycles. The van der Waals surface area contributed by atoms with Crippen molar-refractivity contribution in [3.05, 3.63) is 29.8 Å². The maximum Gasteiger partial charge on any atom is 0.119 e. The Morgan fingerprint density at radius 3 is 2.19 bits per heavy atom. The molecule has 1 unspecified atom stereocenters. The van der Waals surface area contributed by atoms with Crippen LogP contribution in [0.25, 0.3) is 0 Å². The van der Waals surface area contributed by atoms with E-state index < -0.39 is 0 Å². The van der Waals surface area contributed by atoms with Crippen molar-refractivity contribution in [3.8, 4) is 5.75 Å². The van der Waals surface area contributed by atoms with E-state index in [4.69, 9.17) is 4.74 Å². The van der Waals surface area contributed by atoms with Gasteiger partial charge in [-0.15, -0.1) is 0 Å². The van der Waals surface area contributed by atoms with Crippen LogP contribution in [0.4, 0.5) is 0 Å². The Balaban J connectivity index is 2.43. The lowest BCUT2D eigenvalue weighted by molar-refractivity contribution is 0.251. The molecule has 0 saturated heterocycles. The Morgan fingerprint density at radius 2 is 1.69 bits per heavy atom. The van der Waals surface area contributed by atoms with Gasteiger partial charge in [-0.1, -0.05) is 46.2 Å². The van der Waals surface area contributed by atoms with Gasteiger partial charge in [0, 0.05) is 0 Å². The second kappa shape index (κ2) is 6.57. The second-order valence-electron chi connectivity index (χ2n) is 4.93. The number of hydrogen-bond acceptors (Lipinski definition) is 1. The van der Waals surface area contributed by atoms with E-state index in [1.165, 1.54) is 18.4 Å². The monoisotopic (exact) mass is 220 g/mol. The summed E-state index contributed by atoms with van der Waals surface area (Å²) < 4.78 is 5.76. The predicted octanol–water partition coefficient (Wildman–Crippen LogP) is 4.63. The van der Waals surface area contributed by atoms with Crippen molar-refractivity contribution < 1.29 is 4.74 Å². The number of ether oxygens (including phenoxy) is 1. The van der Waals surface area contributed by atoms with Crippen LogP contribution in [0, 0.1) is 5.92 Å². The van der Waals surface area contributed by atoms with Crippen LogP contribution >= 0.6 is 0 Å². The molecule has 1 rings (SSSR count). The summed E-state index contributed by atoms with van der Waals surface area (Å²) in [6.45, 7) is 9.70. The first-order valence-corrected chi connectivity index (χ1v) is 6.36. The van der Waals surface area contributed by atoms with E-state index in [2.05, 4.69) is 52.0 Å². The largest absolute Gasteiger partial charge is 0.493 e. The Labute approximate surface area is 99.8 Å². The van der Waals surface area contributed by atoms with Crippen LogP contribution in [0.1, 0.15) is 52.0 Å². The minimum Gasteiger partial charge on any atom is -0.493 e. The minimum absolute atomic E-state index is 0.591. The van der Waals surface area contributed by atoms with Crippen molar-refractivity contribution in [1.82, 2.24) is 0 Å². The lowest BCUT2D eigenvalue weighted by Gasteiger charge is -2.13. The third-order valence-electron chi connectivity index (χ3n) is 2.86. The fraction of sp³-hybridized carbons (Fsp3) is 0.600. The predicted molar refractivity (Wildman–Crippen MR) is 70.1 cm³/mol. The van der Waals surface area contributed by atoms with Crippen molar-refractivity contribution in [2.75, 3.05) is 6.61 Å². The molecule has 0 heterocycles. The molecule has 90 valence electrons. The Kier molecular flexibility index (Phi) is 5.37. The Bertz CT molecular complexity index is 287. The van der Waals surface area contributed by atoms with E-state index in [0.29, 0.717) is 11.8 Å². The van der Waals surface area contributed by atoms with E-state index in [9.17, 15) is 0 Å². The van der Waals surface area contributed by atoms with Gasteiger partial charge in [0.2, 0.25) is 0 Å². The molecule has 1 heteroatoms. The molecule has 0 N–H and O–H groups in total. The van der Waals surface area contributed by atoms with Crippen molar-refractivity contribution >= 4 is 0 Å². The highest BCUT2D eigenvalue weighted by Gasteiger charge is 2.03. The van der Waals surface area contributed by atoms with Crippen molar-refractivity contribution in [2.24, 2.45) is 5.92 Å². The summed E-state index contributed by atoms with van der Waals surface area (Å²) in [5.41, 5.74) is 1.37. The third-order valence-corrected chi connectivity index (χ3v) is 2.86. The molecule has 16 heavy (non-hydrogen) atoms. The van der Waals surface area contributed by atoms with Gasteiger partial charge in [-0.25, -0.2) is 0 Å². The van der Waals surface area contributed by atoms with Gasteiger partial charge in [-0.05, 0) is 36.0 Å². The van der Waals surface area contributed by atoms with E-state index in [1.807, 2.05) is 0 Å². The summed E-state index contributed by atoms with van der Waals surface area (Å²) in [4.78, 5) is 0. The molecule has 0 aliphatic heterocycles. The maximum atomic E-state index is 5.76. The smallest absolute Gasteiger partial charge is 0.119 e. The molecule has 0 fully saturated rings. The second-order valence-corrected chi connectivity index (χ2v) is 4.93. The normalized spacial score (nSPS) is 12.8. The van der Waals surface area contributed by atoms with Gasteiger partial charge in [-0.2, -0.15) is 0 Å². The molecule has 0 bridgehead atoms. The third kappa shape index (κ3) is 4.26. The average molecular weight is 220 g/mol. The Morgan fingerprint density at radius 1 is 1.06 bits per heavy atom. The molecular formula is C15H24O. The van der Waals surface area contributed by atoms with Crippen LogP contribution in [0.15, 0.2) is 24.3 Å². The van der Waals surface area contributed by atoms with Gasteiger partial charge in [0.1, 0.15) is 5.75 Å². The summed E-state index contributed by atoms with van der Waals surface area (Å²) in [5, 5.41) is 0. The summed E-state index contributed by atoms with van der Waals surface area (Å²) in [6.07, 6.45) is 2.47. The van der Waals surface area contributed by atoms with Gasteiger partial charge in [0.25, 0.3) is 0 Å². The molecule has 0 aliphatic carbocycles. The topological polar surface area (TPSA) is 9.23 Å². The molecular weight excluding hydrogens is 196 g/mol. The fourth-order valence-corrected chi connectivity index (χ4v) is 1.76. The van der Waals surface area contributed by atoms with Crippen LogP contribution < -0.4 is 4.74 Å². The molecule has 0 spiro atoms. The zero-order chi connectivity index (χ0) is 12.0. The Hall–Kier alpha value is -0.980. The highest BCUT2D eigenvalue weighted by molar-refractivity contribution is 5.28. The van der Waals surface area contributed by atoms with Gasteiger partial charge >= 0.3 is 0 Å². The molecule has 0 amide bonds. The maximum absolute atomic E-state index is 5.76. The van der Waals surface area contributed by atoms with Crippen molar-refractivity contribution in [2.45, 2.75) is 46.5 Å². The molecule has 1 nitrogen and oxygen atoms in total. The standard InChI is InChI=1S/C15H24O/c1-5-6-13(4)11-16-15-9-7-14(8-10-15)12(2)3/h7-10,12-13H,5-6,11H2,1-4H3. The van der Waals surface area contributed by atoms with E-state index >= 15 is 0 Å². The van der Waals surface area contributed by atoms with Gasteiger partial charge in [0.15, 0.2) is 0 Å². The molecule has 0 aliphatic rings. The zero-order valence-corrected chi connectivity index (χ0v) is 11.0. The molecule has 0 radical (unpaired) electrons.